The number of aliphatic carboxylic acids is 1. The van der Waals surface area contributed by atoms with Crippen LogP contribution in [0.3, 0.4) is 0 Å². The van der Waals surface area contributed by atoms with Gasteiger partial charge in [0, 0.05) is 25.2 Å². The van der Waals surface area contributed by atoms with Crippen LogP contribution in [0.15, 0.2) is 39.9 Å². The zero-order valence-electron chi connectivity index (χ0n) is 16.9. The molecule has 0 saturated heterocycles. The summed E-state index contributed by atoms with van der Waals surface area (Å²) in [5.74, 6) is -3.83. The molecule has 0 unspecified atom stereocenters. The van der Waals surface area contributed by atoms with Crippen molar-refractivity contribution < 1.29 is 36.9 Å². The fourth-order valence-electron chi connectivity index (χ4n) is 2.77. The van der Waals surface area contributed by atoms with Crippen LogP contribution in [-0.2, 0) is 18.0 Å². The molecule has 0 aliphatic rings. The molecule has 2 aromatic heterocycles. The van der Waals surface area contributed by atoms with E-state index in [1.807, 2.05) is 0 Å². The molecule has 0 spiro atoms. The van der Waals surface area contributed by atoms with Gasteiger partial charge in [0.2, 0.25) is 0 Å². The van der Waals surface area contributed by atoms with Crippen LogP contribution in [0.2, 0.25) is 5.15 Å². The summed E-state index contributed by atoms with van der Waals surface area (Å²) < 4.78 is 64.5. The smallest absolute Gasteiger partial charge is 0.431 e. The number of hydrogen-bond acceptors (Lipinski definition) is 8. The van der Waals surface area contributed by atoms with Crippen molar-refractivity contribution in [3.05, 3.63) is 67.8 Å². The third kappa shape index (κ3) is 4.96. The van der Waals surface area contributed by atoms with Crippen molar-refractivity contribution in [2.24, 2.45) is 7.05 Å². The third-order valence-electron chi connectivity index (χ3n) is 4.27. The molecular formula is C19H12ClF4N4O6-. The Morgan fingerprint density at radius 3 is 2.50 bits per heavy atom. The molecule has 34 heavy (non-hydrogen) atoms. The molecule has 0 amide bonds. The molecule has 10 nitrogen and oxygen atoms in total. The van der Waals surface area contributed by atoms with Gasteiger partial charge < -0.3 is 25.1 Å². The average molecular weight is 504 g/mol. The molecule has 0 bridgehead atoms. The Bertz CT molecular complexity index is 1400. The van der Waals surface area contributed by atoms with Gasteiger partial charge in [-0.15, -0.1) is 0 Å². The molecular weight excluding hydrogens is 492 g/mol. The number of carbonyl (C=O) groups excluding carboxylic acids is 1. The summed E-state index contributed by atoms with van der Waals surface area (Å²) in [6.45, 7) is -0.926. The summed E-state index contributed by atoms with van der Waals surface area (Å²) in [4.78, 5) is 39.2. The van der Waals surface area contributed by atoms with E-state index in [9.17, 15) is 37.1 Å². The van der Waals surface area contributed by atoms with Crippen molar-refractivity contribution >= 4 is 23.3 Å². The van der Waals surface area contributed by atoms with Gasteiger partial charge in [-0.1, -0.05) is 11.6 Å². The highest BCUT2D eigenvalue weighted by Crippen LogP contribution is 2.36. The van der Waals surface area contributed by atoms with E-state index in [4.69, 9.17) is 26.8 Å². The van der Waals surface area contributed by atoms with E-state index in [1.54, 1.807) is 0 Å². The van der Waals surface area contributed by atoms with Gasteiger partial charge >= 0.3 is 11.9 Å². The van der Waals surface area contributed by atoms with Crippen molar-refractivity contribution in [3.8, 4) is 23.1 Å². The number of carbonyl (C=O) groups is 1. The predicted octanol–water partition coefficient (Wildman–Crippen LogP) is 1.25. The van der Waals surface area contributed by atoms with Crippen LogP contribution in [0.5, 0.6) is 17.4 Å². The van der Waals surface area contributed by atoms with Crippen molar-refractivity contribution in [1.82, 2.24) is 14.1 Å². The molecule has 0 aliphatic heterocycles. The van der Waals surface area contributed by atoms with E-state index in [2.05, 4.69) is 4.98 Å². The fraction of sp³-hybridized carbons (Fsp3) is 0.158. The minimum Gasteiger partial charge on any atom is -0.546 e. The lowest BCUT2D eigenvalue weighted by molar-refractivity contribution is -0.307. The second kappa shape index (κ2) is 9.05. The minimum atomic E-state index is -5.01. The van der Waals surface area contributed by atoms with Gasteiger partial charge in [-0.3, -0.25) is 9.36 Å². The number of carboxylic acid groups (broad SMARTS) is 1. The number of nitrogens with two attached hydrogens (primary N) is 1. The summed E-state index contributed by atoms with van der Waals surface area (Å²) >= 11 is 5.75. The molecule has 0 aliphatic carbocycles. The van der Waals surface area contributed by atoms with E-state index >= 15 is 0 Å². The number of anilines is 1. The largest absolute Gasteiger partial charge is 0.546 e. The maximum Gasteiger partial charge on any atom is 0.431 e. The quantitative estimate of drug-likeness (QED) is 0.301. The number of alkyl halides is 3. The Morgan fingerprint density at radius 1 is 1.21 bits per heavy atom. The zero-order chi connectivity index (χ0) is 25.4. The van der Waals surface area contributed by atoms with Gasteiger partial charge in [0.15, 0.2) is 11.5 Å². The number of nitrogens with zero attached hydrogens (tertiary/aromatic N) is 3. The van der Waals surface area contributed by atoms with Gasteiger partial charge in [0.1, 0.15) is 23.3 Å². The number of aromatic nitrogens is 3. The lowest BCUT2D eigenvalue weighted by atomic mass is 10.2. The molecule has 3 aromatic rings. The van der Waals surface area contributed by atoms with Gasteiger partial charge in [0.25, 0.3) is 11.4 Å². The number of hydrogen-bond donors (Lipinski definition) is 1. The Hall–Kier alpha value is -4.07. The number of rotatable bonds is 6. The molecule has 0 radical (unpaired) electrons. The summed E-state index contributed by atoms with van der Waals surface area (Å²) in [5.41, 5.74) is 0.138. The number of nitrogen functional groups attached to an aromatic ring is 1. The lowest BCUT2D eigenvalue weighted by Crippen LogP contribution is -2.41. The van der Waals surface area contributed by atoms with Gasteiger partial charge in [0.05, 0.1) is 17.3 Å². The van der Waals surface area contributed by atoms with Crippen LogP contribution in [0.4, 0.5) is 23.2 Å². The SMILES string of the molecule is Cn1c(C(F)(F)F)cc(=O)n(-c2cc(Oc3ccc(Cl)nc3OCC(=O)[O-])c(N)cc2F)c1=O. The Labute approximate surface area is 191 Å². The normalized spacial score (nSPS) is 11.4. The van der Waals surface area contributed by atoms with E-state index in [0.717, 1.165) is 13.1 Å². The summed E-state index contributed by atoms with van der Waals surface area (Å²) in [6, 6.07) is 4.02. The number of ether oxygens (including phenoxy) is 2. The first-order chi connectivity index (χ1) is 15.8. The topological polar surface area (TPSA) is 142 Å². The molecule has 180 valence electrons. The van der Waals surface area contributed by atoms with Crippen LogP contribution < -0.4 is 31.6 Å². The highest BCUT2D eigenvalue weighted by molar-refractivity contribution is 6.29. The van der Waals surface area contributed by atoms with Crippen molar-refractivity contribution in [2.45, 2.75) is 6.18 Å². The Kier molecular flexibility index (Phi) is 6.54. The van der Waals surface area contributed by atoms with Gasteiger partial charge in [-0.05, 0) is 12.1 Å². The molecule has 2 heterocycles. The maximum absolute atomic E-state index is 14.6. The van der Waals surface area contributed by atoms with E-state index < -0.39 is 53.1 Å². The van der Waals surface area contributed by atoms with E-state index in [1.165, 1.54) is 12.1 Å². The van der Waals surface area contributed by atoms with Crippen LogP contribution in [-0.4, -0.2) is 26.7 Å². The molecule has 0 saturated carbocycles. The highest BCUT2D eigenvalue weighted by atomic mass is 35.5. The van der Waals surface area contributed by atoms with Crippen molar-refractivity contribution in [3.63, 3.8) is 0 Å². The van der Waals surface area contributed by atoms with Crippen LogP contribution in [0.25, 0.3) is 5.69 Å². The van der Waals surface area contributed by atoms with Crippen molar-refractivity contribution in [2.75, 3.05) is 12.3 Å². The molecule has 3 rings (SSSR count). The predicted molar refractivity (Wildman–Crippen MR) is 106 cm³/mol. The van der Waals surface area contributed by atoms with Gasteiger partial charge in [-0.25, -0.2) is 13.8 Å². The fourth-order valence-corrected chi connectivity index (χ4v) is 2.91. The molecule has 1 aromatic carbocycles. The summed E-state index contributed by atoms with van der Waals surface area (Å²) in [7, 11) is 0.758. The maximum atomic E-state index is 14.6. The zero-order valence-corrected chi connectivity index (χ0v) is 17.6. The van der Waals surface area contributed by atoms with Gasteiger partial charge in [-0.2, -0.15) is 18.2 Å². The van der Waals surface area contributed by atoms with Crippen molar-refractivity contribution in [1.29, 1.82) is 0 Å². The van der Waals surface area contributed by atoms with Crippen LogP contribution >= 0.6 is 11.6 Å². The number of halogens is 5. The monoisotopic (exact) mass is 503 g/mol. The highest BCUT2D eigenvalue weighted by Gasteiger charge is 2.35. The minimum absolute atomic E-state index is 0.103. The average Bonchev–Trinajstić information content (AvgIpc) is 2.72. The van der Waals surface area contributed by atoms with Crippen LogP contribution in [0.1, 0.15) is 5.69 Å². The molecule has 15 heteroatoms. The van der Waals surface area contributed by atoms with E-state index in [0.29, 0.717) is 6.07 Å². The Morgan fingerprint density at radius 2 is 1.88 bits per heavy atom. The first kappa shape index (κ1) is 24.6. The number of benzene rings is 1. The first-order valence-electron chi connectivity index (χ1n) is 8.96. The number of carboxylic acids is 1. The summed E-state index contributed by atoms with van der Waals surface area (Å²) in [5, 5.41) is 10.6. The standard InChI is InChI=1S/C19H13ClF4N4O6/c1-27-13(19(22,23)24)6-15(29)28(18(27)32)10-5-12(9(25)4-8(10)21)34-11-2-3-14(20)26-17(11)33-7-16(30)31/h2-6H,7,25H2,1H3,(H,30,31)/p-1. The van der Waals surface area contributed by atoms with Crippen LogP contribution in [0, 0.1) is 5.82 Å². The molecule has 0 fully saturated rings. The Balaban J connectivity index is 2.13. The molecule has 0 atom stereocenters. The number of pyridine rings is 1. The first-order valence-corrected chi connectivity index (χ1v) is 9.34. The summed E-state index contributed by atoms with van der Waals surface area (Å²) in [6.07, 6.45) is -5.01. The third-order valence-corrected chi connectivity index (χ3v) is 4.48. The van der Waals surface area contributed by atoms with E-state index in [-0.39, 0.29) is 37.5 Å². The lowest BCUT2D eigenvalue weighted by Gasteiger charge is -2.16. The second-order valence-corrected chi connectivity index (χ2v) is 6.97. The molecule has 2 N–H and O–H groups in total. The second-order valence-electron chi connectivity index (χ2n) is 6.58.